The number of amides is 2. The Balaban J connectivity index is 1.75. The number of benzene rings is 2. The summed E-state index contributed by atoms with van der Waals surface area (Å²) in [5.41, 5.74) is 0.765. The largest absolute Gasteiger partial charge is 0.467 e. The molecule has 23 nitrogen and oxygen atoms in total. The third kappa shape index (κ3) is 14.7. The summed E-state index contributed by atoms with van der Waals surface area (Å²) in [5, 5.41) is 4.93. The van der Waals surface area contributed by atoms with Crippen molar-refractivity contribution >= 4 is 52.2 Å². The fraction of sp³-hybridized carbons (Fsp3) is 0.500. The zero-order chi connectivity index (χ0) is 45.6. The number of hydrogen-bond donors (Lipinski definition) is 3. The summed E-state index contributed by atoms with van der Waals surface area (Å²) in [7, 11) is -4.56. The van der Waals surface area contributed by atoms with Crippen molar-refractivity contribution in [1.82, 2.24) is 10.6 Å². The molecule has 4 rings (SSSR count). The number of carbonyl (C=O) groups excluding carboxylic acids is 7. The number of esters is 5. The van der Waals surface area contributed by atoms with Crippen molar-refractivity contribution in [2.24, 2.45) is 0 Å². The van der Waals surface area contributed by atoms with Crippen molar-refractivity contribution in [2.75, 3.05) is 26.9 Å². The number of hydrogen-bond acceptors (Lipinski definition) is 20. The van der Waals surface area contributed by atoms with Gasteiger partial charge in [0.1, 0.15) is 37.6 Å². The highest BCUT2D eigenvalue weighted by molar-refractivity contribution is 7.80. The molecule has 2 aliphatic heterocycles. The van der Waals surface area contributed by atoms with Gasteiger partial charge in [-0.05, 0) is 17.7 Å². The highest BCUT2D eigenvalue weighted by Crippen LogP contribution is 2.35. The lowest BCUT2D eigenvalue weighted by Crippen LogP contribution is -2.69. The number of rotatable bonds is 18. The second kappa shape index (κ2) is 22.9. The number of carbonyl (C=O) groups is 7. The van der Waals surface area contributed by atoms with E-state index in [0.717, 1.165) is 34.8 Å². The predicted molar refractivity (Wildman–Crippen MR) is 202 cm³/mol. The molecule has 10 atom stereocenters. The predicted octanol–water partition coefficient (Wildman–Crippen LogP) is 0.282. The first-order valence-electron chi connectivity index (χ1n) is 18.6. The second-order valence-corrected chi connectivity index (χ2v) is 14.4. The summed E-state index contributed by atoms with van der Waals surface area (Å²) < 4.78 is 95.5. The van der Waals surface area contributed by atoms with Gasteiger partial charge in [-0.1, -0.05) is 48.5 Å². The summed E-state index contributed by atoms with van der Waals surface area (Å²) >= 11 is 0. The third-order valence-electron chi connectivity index (χ3n) is 8.63. The molecule has 62 heavy (non-hydrogen) atoms. The Morgan fingerprint density at radius 1 is 0.726 bits per heavy atom. The minimum absolute atomic E-state index is 0.0597. The average Bonchev–Trinajstić information content (AvgIpc) is 3.20. The quantitative estimate of drug-likeness (QED) is 0.0783. The molecule has 0 radical (unpaired) electrons. The summed E-state index contributed by atoms with van der Waals surface area (Å²) in [6.45, 7) is 2.32. The van der Waals surface area contributed by atoms with Gasteiger partial charge < -0.3 is 58.0 Å². The molecular formula is C38H46N2O21S. The van der Waals surface area contributed by atoms with Crippen LogP contribution in [0.2, 0.25) is 0 Å². The van der Waals surface area contributed by atoms with E-state index in [9.17, 15) is 46.5 Å². The van der Waals surface area contributed by atoms with Gasteiger partial charge in [-0.2, -0.15) is 8.42 Å². The first kappa shape index (κ1) is 48.9. The van der Waals surface area contributed by atoms with Crippen LogP contribution in [0.15, 0.2) is 60.7 Å². The van der Waals surface area contributed by atoms with E-state index in [-0.39, 0.29) is 18.7 Å². The molecular weight excluding hydrogens is 852 g/mol. The monoisotopic (exact) mass is 898 g/mol. The van der Waals surface area contributed by atoms with Crippen LogP contribution >= 0.6 is 0 Å². The van der Waals surface area contributed by atoms with Crippen molar-refractivity contribution in [3.63, 3.8) is 0 Å². The molecule has 2 amide bonds. The van der Waals surface area contributed by atoms with E-state index in [0.29, 0.717) is 5.56 Å². The molecule has 2 fully saturated rings. The zero-order valence-corrected chi connectivity index (χ0v) is 34.7. The van der Waals surface area contributed by atoms with E-state index < -0.39 is 127 Å². The van der Waals surface area contributed by atoms with Crippen molar-refractivity contribution in [3.05, 3.63) is 71.8 Å². The zero-order valence-electron chi connectivity index (χ0n) is 33.9. The van der Waals surface area contributed by atoms with Gasteiger partial charge >= 0.3 is 46.3 Å². The normalized spacial score (nSPS) is 25.8. The molecule has 0 saturated carbocycles. The Kier molecular flexibility index (Phi) is 18.1. The minimum atomic E-state index is -5.50. The van der Waals surface area contributed by atoms with Gasteiger partial charge in [0.2, 0.25) is 5.91 Å². The van der Waals surface area contributed by atoms with Gasteiger partial charge in [-0.3, -0.25) is 23.7 Å². The van der Waals surface area contributed by atoms with E-state index in [1.165, 1.54) is 24.3 Å². The Morgan fingerprint density at radius 2 is 1.32 bits per heavy atom. The molecule has 0 unspecified atom stereocenters. The molecule has 0 spiro atoms. The van der Waals surface area contributed by atoms with Gasteiger partial charge in [0, 0.05) is 34.2 Å². The highest BCUT2D eigenvalue weighted by Gasteiger charge is 2.58. The number of alkyl carbamates (subject to hydrolysis) is 1. The fourth-order valence-electron chi connectivity index (χ4n) is 6.25. The van der Waals surface area contributed by atoms with E-state index >= 15 is 0 Å². The van der Waals surface area contributed by atoms with E-state index in [2.05, 4.69) is 10.6 Å². The van der Waals surface area contributed by atoms with Crippen LogP contribution in [0.25, 0.3) is 0 Å². The molecule has 2 heterocycles. The second-order valence-electron chi connectivity index (χ2n) is 13.4. The average molecular weight is 899 g/mol. The molecule has 24 heteroatoms. The maximum absolute atomic E-state index is 13.1. The van der Waals surface area contributed by atoms with Crippen molar-refractivity contribution in [3.8, 4) is 0 Å². The van der Waals surface area contributed by atoms with Crippen LogP contribution in [0, 0.1) is 0 Å². The Morgan fingerprint density at radius 3 is 1.90 bits per heavy atom. The Bertz CT molecular complexity index is 1990. The van der Waals surface area contributed by atoms with Crippen molar-refractivity contribution in [2.45, 2.75) is 95.7 Å². The molecule has 0 bridgehead atoms. The number of ether oxygens (including phenoxy) is 10. The highest BCUT2D eigenvalue weighted by atomic mass is 32.3. The van der Waals surface area contributed by atoms with Gasteiger partial charge in [0.05, 0.1) is 19.3 Å². The van der Waals surface area contributed by atoms with Gasteiger partial charge in [0.15, 0.2) is 37.0 Å². The van der Waals surface area contributed by atoms with Crippen LogP contribution in [-0.4, -0.2) is 143 Å². The fourth-order valence-corrected chi connectivity index (χ4v) is 6.76. The van der Waals surface area contributed by atoms with Gasteiger partial charge in [0.25, 0.3) is 0 Å². The molecule has 0 aromatic heterocycles. The van der Waals surface area contributed by atoms with Gasteiger partial charge in [-0.15, -0.1) is 0 Å². The van der Waals surface area contributed by atoms with Crippen LogP contribution in [0.3, 0.4) is 0 Å². The minimum Gasteiger partial charge on any atom is -0.467 e. The lowest BCUT2D eigenvalue weighted by Gasteiger charge is -2.48. The van der Waals surface area contributed by atoms with Crippen LogP contribution < -0.4 is 10.6 Å². The lowest BCUT2D eigenvalue weighted by atomic mass is 9.94. The van der Waals surface area contributed by atoms with Crippen LogP contribution in [0.1, 0.15) is 43.6 Å². The standard InChI is InChI=1S/C38H46N2O21S/c1-20(41)40-27-29(59-37-33(57-23(4)44)31(56-22(3)43)30(55-21(2)42)32(60-37)35(46)51-5)28(61-62(48,49)50)26(19-53-34(45)25-14-10-7-11-15-25)58-36(27)52-17-16-39-38(47)54-18-24-12-8-6-9-13-24/h6-15,26-33,36-37H,16-19H2,1-5H3,(H,39,47)(H,40,41)(H,48,49,50)/t26-,27-,28+,29-,30+,31+,32+,33-,36-,37-/m1/s1. The molecule has 3 N–H and O–H groups in total. The summed E-state index contributed by atoms with van der Waals surface area (Å²) in [6.07, 6.45) is -18.3. The Hall–Kier alpha value is -5.76. The first-order valence-corrected chi connectivity index (χ1v) is 20.0. The summed E-state index contributed by atoms with van der Waals surface area (Å²) in [4.78, 5) is 88.5. The van der Waals surface area contributed by atoms with Crippen molar-refractivity contribution < 1.29 is 98.1 Å². The number of nitrogens with one attached hydrogen (secondary N) is 2. The van der Waals surface area contributed by atoms with E-state index in [1.807, 2.05) is 0 Å². The number of methoxy groups -OCH3 is 1. The molecule has 0 aliphatic carbocycles. The van der Waals surface area contributed by atoms with Crippen LogP contribution in [0.4, 0.5) is 4.79 Å². The summed E-state index contributed by atoms with van der Waals surface area (Å²) in [5.74, 6) is -6.06. The maximum Gasteiger partial charge on any atom is 0.407 e. The van der Waals surface area contributed by atoms with Crippen LogP contribution in [0.5, 0.6) is 0 Å². The topological polar surface area (TPSA) is 299 Å². The molecule has 2 aromatic rings. The molecule has 340 valence electrons. The summed E-state index contributed by atoms with van der Waals surface area (Å²) in [6, 6.07) is 14.6. The smallest absolute Gasteiger partial charge is 0.407 e. The maximum atomic E-state index is 13.1. The van der Waals surface area contributed by atoms with Crippen LogP contribution in [-0.2, 0) is 92.5 Å². The lowest BCUT2D eigenvalue weighted by molar-refractivity contribution is -0.339. The molecule has 2 aliphatic rings. The molecule has 2 saturated heterocycles. The van der Waals surface area contributed by atoms with Gasteiger partial charge in [-0.25, -0.2) is 18.6 Å². The van der Waals surface area contributed by atoms with Crippen molar-refractivity contribution in [1.29, 1.82) is 0 Å². The van der Waals surface area contributed by atoms with E-state index in [1.54, 1.807) is 36.4 Å². The third-order valence-corrected chi connectivity index (χ3v) is 9.09. The Labute approximate surface area is 354 Å². The SMILES string of the molecule is COC(=O)[C@H]1O[C@@H](O[C@@H]2[C@@H](NC(C)=O)[C@H](OCCNC(=O)OCc3ccccc3)O[C@H](COC(=O)c3ccccc3)[C@@H]2OS(=O)(=O)O)[C@H](OC(C)=O)[C@@H](OC(C)=O)[C@@H]1OC(C)=O. The van der Waals surface area contributed by atoms with E-state index in [4.69, 9.17) is 51.6 Å². The molecule has 2 aromatic carbocycles. The first-order chi connectivity index (χ1) is 29.4.